The summed E-state index contributed by atoms with van der Waals surface area (Å²) >= 11 is 0. The Morgan fingerprint density at radius 1 is 0.194 bits per heavy atom. The van der Waals surface area contributed by atoms with Crippen LogP contribution in [-0.2, 0) is 0 Å². The molecule has 0 aliphatic heterocycles. The van der Waals surface area contributed by atoms with Gasteiger partial charge in [0.15, 0.2) is 0 Å². The van der Waals surface area contributed by atoms with E-state index in [1.165, 1.54) is 238 Å². The first-order chi connectivity index (χ1) is 67.5. The van der Waals surface area contributed by atoms with Crippen molar-refractivity contribution in [1.82, 2.24) is 0 Å². The molecule has 8 nitrogen and oxygen atoms in total. The summed E-state index contributed by atoms with van der Waals surface area (Å²) in [6.45, 7) is 21.4. The highest BCUT2D eigenvalue weighted by atomic mass is 19.3. The molecule has 32 rings (SSSR count). The van der Waals surface area contributed by atoms with Crippen LogP contribution in [0.3, 0.4) is 0 Å². The van der Waals surface area contributed by atoms with E-state index in [9.17, 15) is 70.2 Å². The first-order valence-electron chi connectivity index (χ1n) is 59.7. The molecular weight excluding hydrogens is 1860 g/mol. The lowest BCUT2D eigenvalue weighted by Gasteiger charge is -2.62. The van der Waals surface area contributed by atoms with Gasteiger partial charge in [0.25, 0.3) is 11.8 Å². The van der Waals surface area contributed by atoms with Gasteiger partial charge in [0.05, 0.1) is 12.8 Å². The summed E-state index contributed by atoms with van der Waals surface area (Å²) in [5, 5.41) is 34.9. The average molecular weight is 2050 g/mol. The van der Waals surface area contributed by atoms with Crippen LogP contribution in [0.4, 0.5) is 70.2 Å². The first kappa shape index (κ1) is 114. The summed E-state index contributed by atoms with van der Waals surface area (Å²) in [7, 11) is 0. The van der Waals surface area contributed by atoms with Gasteiger partial charge in [0.2, 0.25) is 35.5 Å². The zero-order chi connectivity index (χ0) is 103. The minimum Gasteiger partial charge on any atom is -0.662 e. The Morgan fingerprint density at radius 2 is 0.361 bits per heavy atom. The van der Waals surface area contributed by atoms with Gasteiger partial charge in [-0.2, -0.15) is 13.1 Å². The molecule has 0 aromatic heterocycles. The van der Waals surface area contributed by atoms with E-state index in [2.05, 4.69) is 71.8 Å². The quantitative estimate of drug-likeness (QED) is 0.0557. The lowest BCUT2D eigenvalue weighted by molar-refractivity contribution is -0.0954. The fourth-order valence-electron chi connectivity index (χ4n) is 41.6. The topological polar surface area (TPSA) is 113 Å². The van der Waals surface area contributed by atoms with Crippen LogP contribution in [0.5, 0.6) is 0 Å². The van der Waals surface area contributed by atoms with Gasteiger partial charge in [-0.05, 0) is 521 Å². The van der Waals surface area contributed by atoms with Crippen LogP contribution in [-0.4, -0.2) is 150 Å². The standard InChI is InChI=1S/C17H26F4N.C16H24F4N.C16H26F2N.2C15H24F2N.C14H22F2N.C14H24N.C13H22N/c1-11(22-10-17(20,21)9-15(2,18)19)16-6-12-3-13(7-16)5-14(4-12)8-16;1-14(17,18)8-16(19,20)10-21-9-15-5-11-2-12(6-15)4-13(3-11)7-15;1-3-16(17,18)10-19-11(2)15-7-12-4-13(8-15)6-14(5-12)9-15;1-10(18-9-14(2,16)17)15-6-11-3-12(7-15)5-13(4-11)8-15;1-2-15(16,17)10-18-9-14-6-11-3-12(7-14)5-13(4-11)8-14;1-13(15,16)8-17-9-14-5-10-2-11(6-14)4-12(3-10)7-14;1-3-15-10(2)14-7-11-4-12(8-14)6-13(5-11)9-14;1-2-14-9-13-6-10-3-11(7-13)5-12(4-10)8-13/h11-14H,3-10H2,1-2H3;11-13H,2-10H2,1H3;11-14H,3-10H2,1-2H3;10-13H,3-9H2,1-2H3;11-13H,2-10H2,1H3;10-12H,2-9H2,1H3;10-13H,3-9H2,1-2H3;10-12H,2-9H2,1H3/q8*-1. The van der Waals surface area contributed by atoms with Gasteiger partial charge in [0.1, 0.15) is 0 Å². The summed E-state index contributed by atoms with van der Waals surface area (Å²) in [5.41, 5.74) is 2.70. The number of nitrogens with zero attached hydrogens (tertiary/aromatic N) is 8. The number of hydrogen-bond donors (Lipinski definition) is 0. The van der Waals surface area contributed by atoms with E-state index < -0.39 is 73.3 Å². The molecule has 0 amide bonds. The first-order valence-corrected chi connectivity index (χ1v) is 59.7. The minimum absolute atomic E-state index is 0.0690. The van der Waals surface area contributed by atoms with E-state index in [0.29, 0.717) is 61.2 Å². The maximum absolute atomic E-state index is 13.7. The van der Waals surface area contributed by atoms with E-state index in [1.54, 1.807) is 52.4 Å². The van der Waals surface area contributed by atoms with Crippen molar-refractivity contribution in [2.24, 2.45) is 185 Å². The lowest BCUT2D eigenvalue weighted by Crippen LogP contribution is -2.51. The molecular formula is C120H192F16N8-8. The molecule has 32 saturated carbocycles. The van der Waals surface area contributed by atoms with Gasteiger partial charge < -0.3 is 42.5 Å². The van der Waals surface area contributed by atoms with Crippen molar-refractivity contribution in [3.8, 4) is 0 Å². The predicted molar refractivity (Wildman–Crippen MR) is 551 cm³/mol. The van der Waals surface area contributed by atoms with E-state index in [0.717, 1.165) is 207 Å². The molecule has 32 aliphatic rings. The van der Waals surface area contributed by atoms with E-state index in [-0.39, 0.29) is 78.8 Å². The Balaban J connectivity index is 0.000000113. The lowest BCUT2D eigenvalue weighted by atomic mass is 9.48. The van der Waals surface area contributed by atoms with Crippen LogP contribution in [0.2, 0.25) is 0 Å². The Kier molecular flexibility index (Phi) is 35.2. The predicted octanol–water partition coefficient (Wildman–Crippen LogP) is 37.0. The van der Waals surface area contributed by atoms with Gasteiger partial charge in [-0.15, -0.1) is 50.3 Å². The van der Waals surface area contributed by atoms with Crippen molar-refractivity contribution in [1.29, 1.82) is 0 Å². The average Bonchev–Trinajstić information content (AvgIpc) is 0.737. The summed E-state index contributed by atoms with van der Waals surface area (Å²) < 4.78 is 210. The molecule has 32 bridgehead atoms. The Labute approximate surface area is 860 Å². The third kappa shape index (κ3) is 29.1. The molecule has 4 unspecified atom stereocenters. The second kappa shape index (κ2) is 44.5. The van der Waals surface area contributed by atoms with Crippen LogP contribution in [0.15, 0.2) is 0 Å². The molecule has 32 fully saturated rings. The highest BCUT2D eigenvalue weighted by Gasteiger charge is 2.59. The van der Waals surface area contributed by atoms with Crippen molar-refractivity contribution in [3.05, 3.63) is 42.5 Å². The van der Waals surface area contributed by atoms with Crippen LogP contribution < -0.4 is 0 Å². The second-order valence-corrected chi connectivity index (χ2v) is 58.1. The number of rotatable bonds is 36. The SMILES string of the molecule is CC(F)(F)CC(F)(F)C[N-]CC12CC3CC(CC(C3)C1)C2.CC(F)(F)C[N-]CC12CC3CC(CC(C3)C1)C2.CC([N-]CC(C)(F)F)C12CC3CC(CC(C3)C1)C2.CC([N-]CC(F)(F)CC(C)(F)F)C12CC3CC(CC(C3)C1)C2.CCC(F)(F)C[N-]C(C)C12CC3CC(CC(C3)C1)C2.CCC(F)(F)C[N-]CC12CC3CC(CC(C3)C1)C2.CC[N-]C(C)C12CC3CC(CC(C3)C1)C2.CC[N-]CC12CC3CC(CC(C3)C1)C2. The largest absolute Gasteiger partial charge is 0.662 e. The second-order valence-electron chi connectivity index (χ2n) is 58.1. The van der Waals surface area contributed by atoms with Gasteiger partial charge in [-0.1, -0.05) is 94.7 Å². The summed E-state index contributed by atoms with van der Waals surface area (Å²) in [6, 6.07) is 0.739. The highest BCUT2D eigenvalue weighted by molar-refractivity contribution is 5.19. The molecule has 24 heteroatoms. The number of halogens is 16. The molecule has 0 heterocycles. The number of alkyl halides is 16. The molecule has 32 aliphatic carbocycles. The maximum Gasteiger partial charge on any atom is 0.251 e. The van der Waals surface area contributed by atoms with E-state index in [4.69, 9.17) is 5.32 Å². The highest BCUT2D eigenvalue weighted by Crippen LogP contribution is 2.70. The van der Waals surface area contributed by atoms with Crippen molar-refractivity contribution in [2.45, 2.75) is 489 Å². The Bertz CT molecular complexity index is 3770. The zero-order valence-corrected chi connectivity index (χ0v) is 91.0. The molecule has 0 radical (unpaired) electrons. The Morgan fingerprint density at radius 3 is 0.556 bits per heavy atom. The van der Waals surface area contributed by atoms with Crippen molar-refractivity contribution >= 4 is 0 Å². The summed E-state index contributed by atoms with van der Waals surface area (Å²) in [5.74, 6) is -2.38. The Hall–Kier alpha value is -1.44. The normalized spacial score (nSPS) is 43.4. The van der Waals surface area contributed by atoms with Crippen molar-refractivity contribution < 1.29 is 70.2 Å². The van der Waals surface area contributed by atoms with Crippen LogP contribution in [0, 0.1) is 185 Å². The number of hydrogen-bond acceptors (Lipinski definition) is 0. The van der Waals surface area contributed by atoms with Gasteiger partial charge in [-0.3, -0.25) is 0 Å². The molecule has 0 aromatic carbocycles. The molecule has 4 atom stereocenters. The maximum atomic E-state index is 13.7. The zero-order valence-electron chi connectivity index (χ0n) is 91.0. The van der Waals surface area contributed by atoms with E-state index >= 15 is 0 Å². The third-order valence-electron chi connectivity index (χ3n) is 44.1. The smallest absolute Gasteiger partial charge is 0.251 e. The molecule has 0 spiro atoms. The minimum atomic E-state index is -3.41. The molecule has 832 valence electrons. The van der Waals surface area contributed by atoms with Gasteiger partial charge >= 0.3 is 0 Å². The molecule has 0 N–H and O–H groups in total. The summed E-state index contributed by atoms with van der Waals surface area (Å²) in [4.78, 5) is 0. The monoisotopic (exact) mass is 2050 g/mol. The van der Waals surface area contributed by atoms with Crippen molar-refractivity contribution in [3.63, 3.8) is 0 Å². The molecule has 144 heavy (non-hydrogen) atoms. The van der Waals surface area contributed by atoms with Crippen LogP contribution in [0.1, 0.15) is 417 Å². The molecule has 0 saturated heterocycles. The van der Waals surface area contributed by atoms with Crippen molar-refractivity contribution in [2.75, 3.05) is 78.5 Å². The van der Waals surface area contributed by atoms with E-state index in [1.807, 2.05) is 6.92 Å². The fourth-order valence-corrected chi connectivity index (χ4v) is 41.6. The third-order valence-corrected chi connectivity index (χ3v) is 44.1. The van der Waals surface area contributed by atoms with Gasteiger partial charge in [-0.25, -0.2) is 70.2 Å². The van der Waals surface area contributed by atoms with Crippen LogP contribution in [0.25, 0.3) is 42.5 Å². The fraction of sp³-hybridized carbons (Fsp3) is 1.00. The summed E-state index contributed by atoms with van der Waals surface area (Å²) in [6.07, 6.45) is 61.7. The van der Waals surface area contributed by atoms with Crippen LogP contribution >= 0.6 is 0 Å². The molecule has 0 aromatic rings. The van der Waals surface area contributed by atoms with Gasteiger partial charge in [0, 0.05) is 12.8 Å².